The summed E-state index contributed by atoms with van der Waals surface area (Å²) in [6, 6.07) is 15.8. The van der Waals surface area contributed by atoms with Crippen LogP contribution in [0.5, 0.6) is 0 Å². The van der Waals surface area contributed by atoms with Crippen molar-refractivity contribution < 1.29 is 4.79 Å². The molecule has 1 fully saturated rings. The van der Waals surface area contributed by atoms with E-state index in [-0.39, 0.29) is 5.91 Å². The molecule has 0 spiro atoms. The minimum Gasteiger partial charge on any atom is -0.383 e. The van der Waals surface area contributed by atoms with E-state index < -0.39 is 0 Å². The Morgan fingerprint density at radius 1 is 1.25 bits per heavy atom. The van der Waals surface area contributed by atoms with Gasteiger partial charge in [0.05, 0.1) is 11.9 Å². The maximum atomic E-state index is 12.2. The van der Waals surface area contributed by atoms with Crippen molar-refractivity contribution in [1.82, 2.24) is 9.88 Å². The summed E-state index contributed by atoms with van der Waals surface area (Å²) in [5, 5.41) is 12.0. The van der Waals surface area contributed by atoms with E-state index in [2.05, 4.69) is 22.4 Å². The van der Waals surface area contributed by atoms with Crippen LogP contribution in [0.2, 0.25) is 0 Å². The van der Waals surface area contributed by atoms with E-state index >= 15 is 0 Å². The van der Waals surface area contributed by atoms with Gasteiger partial charge in [0.2, 0.25) is 5.91 Å². The van der Waals surface area contributed by atoms with E-state index in [1.165, 1.54) is 5.56 Å². The van der Waals surface area contributed by atoms with Crippen LogP contribution in [-0.2, 0) is 11.2 Å². The molecule has 1 amide bonds. The summed E-state index contributed by atoms with van der Waals surface area (Å²) in [6.07, 6.45) is 3.14. The molecule has 0 bridgehead atoms. The second-order valence-electron chi connectivity index (χ2n) is 6.07. The lowest BCUT2D eigenvalue weighted by Gasteiger charge is -2.17. The number of carbonyl (C=O) groups is 1. The number of nitrogens with zero attached hydrogens (tertiary/aromatic N) is 3. The van der Waals surface area contributed by atoms with Crippen molar-refractivity contribution in [3.8, 4) is 6.07 Å². The lowest BCUT2D eigenvalue weighted by Crippen LogP contribution is -2.28. The second-order valence-corrected chi connectivity index (χ2v) is 6.07. The normalized spacial score (nSPS) is 16.9. The number of anilines is 1. The second kappa shape index (κ2) is 7.60. The van der Waals surface area contributed by atoms with Crippen molar-refractivity contribution in [2.75, 3.05) is 25.0 Å². The summed E-state index contributed by atoms with van der Waals surface area (Å²) < 4.78 is 0. The van der Waals surface area contributed by atoms with Crippen LogP contribution in [0.25, 0.3) is 0 Å². The van der Waals surface area contributed by atoms with Gasteiger partial charge in [-0.15, -0.1) is 0 Å². The van der Waals surface area contributed by atoms with Crippen molar-refractivity contribution >= 4 is 11.6 Å². The summed E-state index contributed by atoms with van der Waals surface area (Å²) in [4.78, 5) is 18.1. The number of nitrogens with one attached hydrogen (secondary N) is 1. The third-order valence-electron chi connectivity index (χ3n) is 4.28. The van der Waals surface area contributed by atoms with Gasteiger partial charge in [-0.3, -0.25) is 4.79 Å². The molecule has 1 aliphatic rings. The Morgan fingerprint density at radius 2 is 2.08 bits per heavy atom. The molecule has 1 saturated heterocycles. The number of benzene rings is 1. The molecule has 1 aromatic carbocycles. The first-order valence-corrected chi connectivity index (χ1v) is 8.16. The van der Waals surface area contributed by atoms with Crippen molar-refractivity contribution in [1.29, 1.82) is 5.26 Å². The van der Waals surface area contributed by atoms with Gasteiger partial charge in [-0.2, -0.15) is 5.26 Å². The van der Waals surface area contributed by atoms with Crippen molar-refractivity contribution in [3.63, 3.8) is 0 Å². The topological polar surface area (TPSA) is 69.0 Å². The molecule has 122 valence electrons. The van der Waals surface area contributed by atoms with Crippen LogP contribution in [0.15, 0.2) is 48.7 Å². The number of pyridine rings is 1. The number of carbonyl (C=O) groups excluding carboxylic acids is 1. The van der Waals surface area contributed by atoms with Gasteiger partial charge < -0.3 is 10.2 Å². The van der Waals surface area contributed by atoms with Crippen LogP contribution in [0.4, 0.5) is 5.69 Å². The largest absolute Gasteiger partial charge is 0.383 e. The van der Waals surface area contributed by atoms with Crippen LogP contribution >= 0.6 is 0 Å². The third kappa shape index (κ3) is 4.11. The SMILES string of the molecule is N#Cc1ccc(NCC2CC(=O)N(CCc3ccccc3)C2)cn1. The number of hydrogen-bond acceptors (Lipinski definition) is 4. The maximum absolute atomic E-state index is 12.2. The predicted molar refractivity (Wildman–Crippen MR) is 92.3 cm³/mol. The highest BCUT2D eigenvalue weighted by molar-refractivity contribution is 5.78. The average molecular weight is 320 g/mol. The summed E-state index contributed by atoms with van der Waals surface area (Å²) in [6.45, 7) is 2.31. The van der Waals surface area contributed by atoms with Crippen LogP contribution in [0.1, 0.15) is 17.7 Å². The Hall–Kier alpha value is -2.87. The van der Waals surface area contributed by atoms with Gasteiger partial charge >= 0.3 is 0 Å². The smallest absolute Gasteiger partial charge is 0.223 e. The van der Waals surface area contributed by atoms with Gasteiger partial charge in [0, 0.05) is 32.0 Å². The van der Waals surface area contributed by atoms with Gasteiger partial charge in [-0.05, 0) is 24.1 Å². The molecule has 0 radical (unpaired) electrons. The van der Waals surface area contributed by atoms with E-state index in [1.54, 1.807) is 12.3 Å². The molecule has 0 saturated carbocycles. The standard InChI is InChI=1S/C19H20N4O/c20-11-17-6-7-18(13-22-17)21-12-16-10-19(24)23(14-16)9-8-15-4-2-1-3-5-15/h1-7,13,16,21H,8-10,12,14H2. The Kier molecular flexibility index (Phi) is 5.07. The first-order chi connectivity index (χ1) is 11.7. The summed E-state index contributed by atoms with van der Waals surface area (Å²) in [5.41, 5.74) is 2.54. The Morgan fingerprint density at radius 3 is 2.79 bits per heavy atom. The molecule has 1 aliphatic heterocycles. The summed E-state index contributed by atoms with van der Waals surface area (Å²) in [7, 11) is 0. The lowest BCUT2D eigenvalue weighted by molar-refractivity contribution is -0.127. The highest BCUT2D eigenvalue weighted by Gasteiger charge is 2.28. The zero-order valence-electron chi connectivity index (χ0n) is 13.5. The molecule has 24 heavy (non-hydrogen) atoms. The molecule has 5 nitrogen and oxygen atoms in total. The van der Waals surface area contributed by atoms with E-state index in [0.717, 1.165) is 31.7 Å². The molecule has 1 unspecified atom stereocenters. The summed E-state index contributed by atoms with van der Waals surface area (Å²) >= 11 is 0. The lowest BCUT2D eigenvalue weighted by atomic mass is 10.1. The van der Waals surface area contributed by atoms with Crippen LogP contribution in [-0.4, -0.2) is 35.4 Å². The number of likely N-dealkylation sites (tertiary alicyclic amines) is 1. The van der Waals surface area contributed by atoms with Gasteiger partial charge in [0.1, 0.15) is 11.8 Å². The highest BCUT2D eigenvalue weighted by atomic mass is 16.2. The monoisotopic (exact) mass is 320 g/mol. The molecule has 5 heteroatoms. The van der Waals surface area contributed by atoms with Crippen molar-refractivity contribution in [3.05, 3.63) is 59.9 Å². The van der Waals surface area contributed by atoms with E-state index in [0.29, 0.717) is 18.0 Å². The van der Waals surface area contributed by atoms with E-state index in [1.807, 2.05) is 35.2 Å². The van der Waals surface area contributed by atoms with Gasteiger partial charge in [-0.25, -0.2) is 4.98 Å². The maximum Gasteiger partial charge on any atom is 0.223 e. The molecule has 1 aromatic heterocycles. The van der Waals surface area contributed by atoms with Gasteiger partial charge in [-0.1, -0.05) is 30.3 Å². The third-order valence-corrected chi connectivity index (χ3v) is 4.28. The average Bonchev–Trinajstić information content (AvgIpc) is 2.99. The minimum atomic E-state index is 0.232. The van der Waals surface area contributed by atoms with Gasteiger partial charge in [0.25, 0.3) is 0 Å². The first kappa shape index (κ1) is 16.0. The van der Waals surface area contributed by atoms with E-state index in [4.69, 9.17) is 5.26 Å². The fourth-order valence-corrected chi connectivity index (χ4v) is 2.94. The molecule has 1 atom stereocenters. The Balaban J connectivity index is 1.46. The van der Waals surface area contributed by atoms with E-state index in [9.17, 15) is 4.79 Å². The van der Waals surface area contributed by atoms with Crippen molar-refractivity contribution in [2.45, 2.75) is 12.8 Å². The fourth-order valence-electron chi connectivity index (χ4n) is 2.94. The zero-order chi connectivity index (χ0) is 16.8. The zero-order valence-corrected chi connectivity index (χ0v) is 13.5. The number of amides is 1. The van der Waals surface area contributed by atoms with Crippen molar-refractivity contribution in [2.24, 2.45) is 5.92 Å². The number of nitriles is 1. The molecule has 3 rings (SSSR count). The fraction of sp³-hybridized carbons (Fsp3) is 0.316. The number of rotatable bonds is 6. The summed E-state index contributed by atoms with van der Waals surface area (Å²) in [5.74, 6) is 0.541. The van der Waals surface area contributed by atoms with Gasteiger partial charge in [0.15, 0.2) is 0 Å². The molecular formula is C19H20N4O. The molecule has 1 N–H and O–H groups in total. The first-order valence-electron chi connectivity index (χ1n) is 8.16. The molecule has 2 heterocycles. The predicted octanol–water partition coefficient (Wildman–Crippen LogP) is 2.46. The molecular weight excluding hydrogens is 300 g/mol. The van der Waals surface area contributed by atoms with Crippen LogP contribution < -0.4 is 5.32 Å². The Labute approximate surface area is 141 Å². The highest BCUT2D eigenvalue weighted by Crippen LogP contribution is 2.19. The quantitative estimate of drug-likeness (QED) is 0.887. The van der Waals surface area contributed by atoms with Crippen LogP contribution in [0.3, 0.4) is 0 Å². The Bertz CT molecular complexity index is 721. The minimum absolute atomic E-state index is 0.232. The number of hydrogen-bond donors (Lipinski definition) is 1. The van der Waals surface area contributed by atoms with Crippen LogP contribution in [0, 0.1) is 17.2 Å². The number of aromatic nitrogens is 1. The molecule has 2 aromatic rings. The molecule has 0 aliphatic carbocycles.